The molecule has 2 heterocycles. The van der Waals surface area contributed by atoms with Gasteiger partial charge >= 0.3 is 13.2 Å². The first-order valence-corrected chi connectivity index (χ1v) is 11.5. The minimum atomic E-state index is -0.549. The van der Waals surface area contributed by atoms with Gasteiger partial charge in [-0.3, -0.25) is 4.79 Å². The first-order valence-electron chi connectivity index (χ1n) is 11.5. The quantitative estimate of drug-likeness (QED) is 0.644. The van der Waals surface area contributed by atoms with Gasteiger partial charge in [0.1, 0.15) is 11.4 Å². The van der Waals surface area contributed by atoms with Crippen molar-refractivity contribution in [3.8, 4) is 5.75 Å². The molecular weight excluding hydrogens is 423 g/mol. The zero-order valence-electron chi connectivity index (χ0n) is 21.1. The first kappa shape index (κ1) is 25.4. The summed E-state index contributed by atoms with van der Waals surface area (Å²) in [6.07, 6.45) is -0.349. The molecule has 2 amide bonds. The maximum atomic E-state index is 12.8. The van der Waals surface area contributed by atoms with Crippen LogP contribution in [0.2, 0.25) is 0 Å². The minimum absolute atomic E-state index is 0.0774. The number of carbonyl (C=O) groups excluding carboxylic acids is 2. The van der Waals surface area contributed by atoms with E-state index in [-0.39, 0.29) is 24.6 Å². The van der Waals surface area contributed by atoms with E-state index in [9.17, 15) is 9.59 Å². The second-order valence-corrected chi connectivity index (χ2v) is 10.8. The van der Waals surface area contributed by atoms with Crippen LogP contribution < -0.4 is 10.2 Å². The van der Waals surface area contributed by atoms with E-state index < -0.39 is 23.9 Å². The summed E-state index contributed by atoms with van der Waals surface area (Å²) in [5.74, 6) is 0.461. The lowest BCUT2D eigenvalue weighted by Crippen LogP contribution is -2.56. The van der Waals surface area contributed by atoms with Crippen LogP contribution in [-0.2, 0) is 18.8 Å². The summed E-state index contributed by atoms with van der Waals surface area (Å²) >= 11 is 0. The van der Waals surface area contributed by atoms with Gasteiger partial charge in [-0.05, 0) is 73.0 Å². The van der Waals surface area contributed by atoms with Gasteiger partial charge in [0, 0.05) is 25.7 Å². The van der Waals surface area contributed by atoms with Gasteiger partial charge in [0.15, 0.2) is 6.61 Å². The Morgan fingerprint density at radius 2 is 1.76 bits per heavy atom. The summed E-state index contributed by atoms with van der Waals surface area (Å²) in [4.78, 5) is 28.5. The van der Waals surface area contributed by atoms with Gasteiger partial charge in [0.25, 0.3) is 5.91 Å². The molecule has 33 heavy (non-hydrogen) atoms. The zero-order valence-corrected chi connectivity index (χ0v) is 21.1. The Balaban J connectivity index is 1.54. The maximum Gasteiger partial charge on any atom is 0.494 e. The smallest absolute Gasteiger partial charge is 0.484 e. The number of carbonyl (C=O) groups is 2. The standard InChI is InChI=1S/C24H37BN2O6/c1-17-15-26(12-13-27(17)21(29)31-22(2,3)4)20(28)16-30-19-11-9-10-18(14-19)25-32-23(5,6)24(7,8)33-25/h9-11,14,17H,12-13,15-16H2,1-8H3/t17-/m0/s1. The van der Waals surface area contributed by atoms with Crippen LogP contribution in [0, 0.1) is 0 Å². The molecule has 2 saturated heterocycles. The van der Waals surface area contributed by atoms with E-state index in [0.29, 0.717) is 25.4 Å². The molecule has 2 aliphatic rings. The fourth-order valence-electron chi connectivity index (χ4n) is 3.74. The Kier molecular flexibility index (Phi) is 7.06. The molecule has 2 aliphatic heterocycles. The van der Waals surface area contributed by atoms with Crippen LogP contribution in [0.4, 0.5) is 4.79 Å². The van der Waals surface area contributed by atoms with Gasteiger partial charge in [-0.2, -0.15) is 0 Å². The number of piperazine rings is 1. The third-order valence-corrected chi connectivity index (χ3v) is 6.35. The highest BCUT2D eigenvalue weighted by atomic mass is 16.7. The zero-order chi connectivity index (χ0) is 24.6. The van der Waals surface area contributed by atoms with Gasteiger partial charge < -0.3 is 28.6 Å². The van der Waals surface area contributed by atoms with E-state index in [2.05, 4.69) is 0 Å². The highest BCUT2D eigenvalue weighted by molar-refractivity contribution is 6.62. The largest absolute Gasteiger partial charge is 0.494 e. The van der Waals surface area contributed by atoms with Crippen molar-refractivity contribution in [3.05, 3.63) is 24.3 Å². The second kappa shape index (κ2) is 9.18. The third-order valence-electron chi connectivity index (χ3n) is 6.35. The molecule has 0 radical (unpaired) electrons. The van der Waals surface area contributed by atoms with Crippen molar-refractivity contribution in [3.63, 3.8) is 0 Å². The first-order chi connectivity index (χ1) is 15.2. The molecule has 0 unspecified atom stereocenters. The molecule has 0 saturated carbocycles. The van der Waals surface area contributed by atoms with E-state index in [1.54, 1.807) is 9.80 Å². The second-order valence-electron chi connectivity index (χ2n) is 10.8. The Labute approximate surface area is 197 Å². The minimum Gasteiger partial charge on any atom is -0.484 e. The Morgan fingerprint density at radius 3 is 2.33 bits per heavy atom. The molecule has 182 valence electrons. The van der Waals surface area contributed by atoms with Gasteiger partial charge in [-0.25, -0.2) is 4.79 Å². The molecule has 0 spiro atoms. The van der Waals surface area contributed by atoms with Gasteiger partial charge in [-0.15, -0.1) is 0 Å². The van der Waals surface area contributed by atoms with Crippen molar-refractivity contribution in [2.24, 2.45) is 0 Å². The normalized spacial score (nSPS) is 22.3. The average molecular weight is 460 g/mol. The molecule has 9 heteroatoms. The summed E-state index contributed by atoms with van der Waals surface area (Å²) in [5.41, 5.74) is -0.560. The molecule has 3 rings (SSSR count). The van der Waals surface area contributed by atoms with Gasteiger partial charge in [0.05, 0.1) is 11.2 Å². The van der Waals surface area contributed by atoms with Crippen molar-refractivity contribution in [2.45, 2.75) is 78.2 Å². The van der Waals surface area contributed by atoms with Crippen molar-refractivity contribution in [2.75, 3.05) is 26.2 Å². The fourth-order valence-corrected chi connectivity index (χ4v) is 3.74. The van der Waals surface area contributed by atoms with Crippen LogP contribution >= 0.6 is 0 Å². The number of amides is 2. The summed E-state index contributed by atoms with van der Waals surface area (Å²) in [6.45, 7) is 16.7. The predicted molar refractivity (Wildman–Crippen MR) is 127 cm³/mol. The molecule has 2 fully saturated rings. The van der Waals surface area contributed by atoms with Gasteiger partial charge in [0.2, 0.25) is 0 Å². The maximum absolute atomic E-state index is 12.8. The van der Waals surface area contributed by atoms with Crippen LogP contribution in [0.5, 0.6) is 5.75 Å². The third kappa shape index (κ3) is 6.01. The van der Waals surface area contributed by atoms with E-state index >= 15 is 0 Å². The summed E-state index contributed by atoms with van der Waals surface area (Å²) in [6, 6.07) is 7.31. The highest BCUT2D eigenvalue weighted by Crippen LogP contribution is 2.36. The number of rotatable bonds is 4. The lowest BCUT2D eigenvalue weighted by molar-refractivity contribution is -0.136. The number of hydrogen-bond donors (Lipinski definition) is 0. The topological polar surface area (TPSA) is 77.5 Å². The molecule has 1 aromatic rings. The molecule has 8 nitrogen and oxygen atoms in total. The molecule has 1 aromatic carbocycles. The average Bonchev–Trinajstić information content (AvgIpc) is 2.92. The van der Waals surface area contributed by atoms with Crippen LogP contribution in [0.3, 0.4) is 0 Å². The Morgan fingerprint density at radius 1 is 1.12 bits per heavy atom. The van der Waals surface area contributed by atoms with Crippen molar-refractivity contribution < 1.29 is 28.4 Å². The SMILES string of the molecule is C[C@H]1CN(C(=O)COc2cccc(B3OC(C)(C)C(C)(C)O3)c2)CCN1C(=O)OC(C)(C)C. The van der Waals surface area contributed by atoms with Crippen LogP contribution in [0.1, 0.15) is 55.4 Å². The van der Waals surface area contributed by atoms with E-state index in [0.717, 1.165) is 5.46 Å². The predicted octanol–water partition coefficient (Wildman–Crippen LogP) is 2.83. The number of hydrogen-bond acceptors (Lipinski definition) is 6. The van der Waals surface area contributed by atoms with Crippen LogP contribution in [0.15, 0.2) is 24.3 Å². The number of benzene rings is 1. The molecule has 0 N–H and O–H groups in total. The Bertz CT molecular complexity index is 866. The summed E-state index contributed by atoms with van der Waals surface area (Å²) < 4.78 is 23.5. The highest BCUT2D eigenvalue weighted by Gasteiger charge is 2.51. The summed E-state index contributed by atoms with van der Waals surface area (Å²) in [7, 11) is -0.490. The Hall–Kier alpha value is -2.26. The number of nitrogens with zero attached hydrogens (tertiary/aromatic N) is 2. The van der Waals surface area contributed by atoms with Crippen LogP contribution in [-0.4, -0.2) is 78.0 Å². The van der Waals surface area contributed by atoms with Crippen molar-refractivity contribution in [1.29, 1.82) is 0 Å². The fraction of sp³-hybridized carbons (Fsp3) is 0.667. The molecule has 0 aromatic heterocycles. The van der Waals surface area contributed by atoms with Gasteiger partial charge in [-0.1, -0.05) is 12.1 Å². The lowest BCUT2D eigenvalue weighted by atomic mass is 9.79. The monoisotopic (exact) mass is 460 g/mol. The molecule has 0 bridgehead atoms. The molecule has 1 atom stereocenters. The molecular formula is C24H37BN2O6. The van der Waals surface area contributed by atoms with Crippen molar-refractivity contribution in [1.82, 2.24) is 9.80 Å². The van der Waals surface area contributed by atoms with E-state index in [1.807, 2.05) is 79.7 Å². The van der Waals surface area contributed by atoms with E-state index in [1.165, 1.54) is 0 Å². The van der Waals surface area contributed by atoms with E-state index in [4.69, 9.17) is 18.8 Å². The molecule has 0 aliphatic carbocycles. The lowest BCUT2D eigenvalue weighted by Gasteiger charge is -2.40. The number of ether oxygens (including phenoxy) is 2. The summed E-state index contributed by atoms with van der Waals surface area (Å²) in [5, 5.41) is 0. The van der Waals surface area contributed by atoms with Crippen LogP contribution in [0.25, 0.3) is 0 Å². The van der Waals surface area contributed by atoms with Crippen molar-refractivity contribution >= 4 is 24.6 Å².